The molecule has 6 heteroatoms. The molecule has 1 aliphatic heterocycles. The third-order valence-corrected chi connectivity index (χ3v) is 5.30. The van der Waals surface area contributed by atoms with Crippen LogP contribution in [-0.2, 0) is 11.2 Å². The Labute approximate surface area is 125 Å². The van der Waals surface area contributed by atoms with Crippen LogP contribution in [0.1, 0.15) is 18.5 Å². The second-order valence-corrected chi connectivity index (χ2v) is 6.74. The molecule has 3 heterocycles. The number of rotatable bonds is 3. The Hall–Kier alpha value is -1.24. The lowest BCUT2D eigenvalue weighted by atomic mass is 10.1. The van der Waals surface area contributed by atoms with E-state index in [1.807, 2.05) is 22.9 Å². The maximum Gasteiger partial charge on any atom is 0.228 e. The van der Waals surface area contributed by atoms with Gasteiger partial charge < -0.3 is 10.0 Å². The van der Waals surface area contributed by atoms with Crippen LogP contribution < -0.4 is 0 Å². The summed E-state index contributed by atoms with van der Waals surface area (Å²) in [5.41, 5.74) is 0.823. The summed E-state index contributed by atoms with van der Waals surface area (Å²) in [5, 5.41) is 14.6. The van der Waals surface area contributed by atoms with Gasteiger partial charge in [-0.3, -0.25) is 4.79 Å². The topological polar surface area (TPSA) is 53.4 Å². The number of likely N-dealkylation sites (tertiary alicyclic amines) is 1. The molecule has 0 bridgehead atoms. The number of carbonyl (C=O) groups excluding carboxylic acids is 1. The Morgan fingerprint density at radius 1 is 1.50 bits per heavy atom. The minimum absolute atomic E-state index is 0.0618. The van der Waals surface area contributed by atoms with E-state index in [4.69, 9.17) is 0 Å². The predicted molar refractivity (Wildman–Crippen MR) is 81.0 cm³/mol. The van der Waals surface area contributed by atoms with Crippen molar-refractivity contribution in [2.24, 2.45) is 0 Å². The van der Waals surface area contributed by atoms with Crippen molar-refractivity contribution in [3.63, 3.8) is 0 Å². The number of thiophene rings is 1. The summed E-state index contributed by atoms with van der Waals surface area (Å²) in [6.07, 6.45) is 1.63. The van der Waals surface area contributed by atoms with Crippen molar-refractivity contribution < 1.29 is 9.90 Å². The van der Waals surface area contributed by atoms with E-state index in [-0.39, 0.29) is 12.0 Å². The second-order valence-electron chi connectivity index (χ2n) is 4.93. The Balaban J connectivity index is 1.64. The van der Waals surface area contributed by atoms with E-state index >= 15 is 0 Å². The molecule has 1 unspecified atom stereocenters. The molecule has 1 aliphatic rings. The molecule has 1 fully saturated rings. The Bertz CT molecular complexity index is 580. The smallest absolute Gasteiger partial charge is 0.228 e. The predicted octanol–water partition coefficient (Wildman–Crippen LogP) is 2.40. The molecule has 2 aromatic heterocycles. The van der Waals surface area contributed by atoms with Crippen molar-refractivity contribution in [3.05, 3.63) is 28.6 Å². The van der Waals surface area contributed by atoms with Gasteiger partial charge in [0.05, 0.1) is 23.1 Å². The first-order valence-electron chi connectivity index (χ1n) is 6.66. The average Bonchev–Trinajstić information content (AvgIpc) is 3.08. The van der Waals surface area contributed by atoms with Crippen LogP contribution in [0.25, 0.3) is 9.88 Å². The first-order valence-corrected chi connectivity index (χ1v) is 8.42. The number of β-amino-alcohol motifs (C(OH)–C–C–N with tert-alkyl or cyclic N) is 1. The van der Waals surface area contributed by atoms with Crippen LogP contribution >= 0.6 is 22.7 Å². The highest BCUT2D eigenvalue weighted by molar-refractivity contribution is 7.20. The van der Waals surface area contributed by atoms with E-state index in [0.717, 1.165) is 35.0 Å². The summed E-state index contributed by atoms with van der Waals surface area (Å²) >= 11 is 3.23. The van der Waals surface area contributed by atoms with Gasteiger partial charge in [0.2, 0.25) is 5.91 Å². The maximum absolute atomic E-state index is 12.2. The fourth-order valence-electron chi connectivity index (χ4n) is 2.35. The molecule has 4 nitrogen and oxygen atoms in total. The first kappa shape index (κ1) is 13.7. The average molecular weight is 308 g/mol. The number of carbonyl (C=O) groups is 1. The third-order valence-electron chi connectivity index (χ3n) is 3.37. The molecule has 0 aliphatic carbocycles. The van der Waals surface area contributed by atoms with Gasteiger partial charge in [-0.25, -0.2) is 4.98 Å². The molecule has 106 valence electrons. The van der Waals surface area contributed by atoms with E-state index < -0.39 is 0 Å². The molecule has 3 rings (SSSR count). The number of amides is 1. The number of hydrogen-bond donors (Lipinski definition) is 1. The van der Waals surface area contributed by atoms with Crippen LogP contribution in [0.5, 0.6) is 0 Å². The normalized spacial score (nSPS) is 19.2. The van der Waals surface area contributed by atoms with E-state index in [1.165, 1.54) is 0 Å². The van der Waals surface area contributed by atoms with E-state index in [0.29, 0.717) is 13.0 Å². The fourth-order valence-corrected chi connectivity index (χ4v) is 3.98. The van der Waals surface area contributed by atoms with Gasteiger partial charge in [-0.15, -0.1) is 22.7 Å². The molecule has 0 radical (unpaired) electrons. The SMILES string of the molecule is O=C(Cc1csc(-c2cccs2)n1)N1CCCC(O)C1. The number of aromatic nitrogens is 1. The fraction of sp³-hybridized carbons (Fsp3) is 0.429. The standard InChI is InChI=1S/C14H16N2O2S2/c17-11-3-1-5-16(8-11)13(18)7-10-9-20-14(15-10)12-4-2-6-19-12/h2,4,6,9,11,17H,1,3,5,7-8H2. The number of piperidine rings is 1. The zero-order chi connectivity index (χ0) is 13.9. The highest BCUT2D eigenvalue weighted by Gasteiger charge is 2.22. The van der Waals surface area contributed by atoms with Gasteiger partial charge in [-0.2, -0.15) is 0 Å². The molecule has 1 amide bonds. The zero-order valence-corrected chi connectivity index (χ0v) is 12.6. The van der Waals surface area contributed by atoms with Crippen molar-refractivity contribution in [1.29, 1.82) is 0 Å². The lowest BCUT2D eigenvalue weighted by Crippen LogP contribution is -2.42. The number of aliphatic hydroxyl groups is 1. The van der Waals surface area contributed by atoms with E-state index in [2.05, 4.69) is 4.98 Å². The van der Waals surface area contributed by atoms with Crippen molar-refractivity contribution >= 4 is 28.6 Å². The Morgan fingerprint density at radius 2 is 2.40 bits per heavy atom. The van der Waals surface area contributed by atoms with Crippen molar-refractivity contribution in [2.75, 3.05) is 13.1 Å². The molecule has 1 atom stereocenters. The van der Waals surface area contributed by atoms with E-state index in [1.54, 1.807) is 27.6 Å². The molecule has 0 spiro atoms. The molecule has 20 heavy (non-hydrogen) atoms. The molecule has 1 N–H and O–H groups in total. The van der Waals surface area contributed by atoms with E-state index in [9.17, 15) is 9.90 Å². The molecular weight excluding hydrogens is 292 g/mol. The van der Waals surface area contributed by atoms with Crippen LogP contribution in [0.2, 0.25) is 0 Å². The monoisotopic (exact) mass is 308 g/mol. The largest absolute Gasteiger partial charge is 0.391 e. The highest BCUT2D eigenvalue weighted by atomic mass is 32.1. The highest BCUT2D eigenvalue weighted by Crippen LogP contribution is 2.28. The van der Waals surface area contributed by atoms with Gasteiger partial charge in [0.15, 0.2) is 0 Å². The van der Waals surface area contributed by atoms with Gasteiger partial charge in [0, 0.05) is 18.5 Å². The van der Waals surface area contributed by atoms with Crippen LogP contribution in [0, 0.1) is 0 Å². The molecule has 1 saturated heterocycles. The quantitative estimate of drug-likeness (QED) is 0.947. The number of hydrogen-bond acceptors (Lipinski definition) is 5. The minimum atomic E-state index is -0.371. The lowest BCUT2D eigenvalue weighted by molar-refractivity contribution is -0.133. The molecule has 0 saturated carbocycles. The van der Waals surface area contributed by atoms with Crippen LogP contribution in [-0.4, -0.2) is 40.1 Å². The van der Waals surface area contributed by atoms with Gasteiger partial charge in [0.25, 0.3) is 0 Å². The van der Waals surface area contributed by atoms with Gasteiger partial charge >= 0.3 is 0 Å². The summed E-state index contributed by atoms with van der Waals surface area (Å²) < 4.78 is 0. The first-order chi connectivity index (χ1) is 9.72. The van der Waals surface area contributed by atoms with Crippen molar-refractivity contribution in [1.82, 2.24) is 9.88 Å². The number of aliphatic hydroxyl groups excluding tert-OH is 1. The maximum atomic E-state index is 12.2. The second kappa shape index (κ2) is 6.03. The van der Waals surface area contributed by atoms with Gasteiger partial charge in [0.1, 0.15) is 5.01 Å². The van der Waals surface area contributed by atoms with Gasteiger partial charge in [-0.1, -0.05) is 6.07 Å². The lowest BCUT2D eigenvalue weighted by Gasteiger charge is -2.29. The zero-order valence-electron chi connectivity index (χ0n) is 11.0. The van der Waals surface area contributed by atoms with Crippen LogP contribution in [0.15, 0.2) is 22.9 Å². The minimum Gasteiger partial charge on any atom is -0.391 e. The summed E-state index contributed by atoms with van der Waals surface area (Å²) in [4.78, 5) is 19.6. The third kappa shape index (κ3) is 3.08. The van der Waals surface area contributed by atoms with Crippen LogP contribution in [0.3, 0.4) is 0 Å². The van der Waals surface area contributed by atoms with Crippen LogP contribution in [0.4, 0.5) is 0 Å². The van der Waals surface area contributed by atoms with Gasteiger partial charge in [-0.05, 0) is 24.3 Å². The number of thiazole rings is 1. The summed E-state index contributed by atoms with van der Waals surface area (Å²) in [6.45, 7) is 1.21. The van der Waals surface area contributed by atoms with Crippen molar-refractivity contribution in [2.45, 2.75) is 25.4 Å². The molecule has 2 aromatic rings. The molecular formula is C14H16N2O2S2. The molecule has 0 aromatic carbocycles. The van der Waals surface area contributed by atoms with Crippen molar-refractivity contribution in [3.8, 4) is 9.88 Å². The Kier molecular flexibility index (Phi) is 4.14. The Morgan fingerprint density at radius 3 is 3.15 bits per heavy atom. The summed E-state index contributed by atoms with van der Waals surface area (Å²) in [6, 6.07) is 4.04. The number of nitrogens with zero attached hydrogens (tertiary/aromatic N) is 2. The summed E-state index contributed by atoms with van der Waals surface area (Å²) in [5.74, 6) is 0.0618. The summed E-state index contributed by atoms with van der Waals surface area (Å²) in [7, 11) is 0.